The number of hydrogen-bond acceptors (Lipinski definition) is 3. The van der Waals surface area contributed by atoms with Crippen LogP contribution in [-0.2, 0) is 13.1 Å². The summed E-state index contributed by atoms with van der Waals surface area (Å²) >= 11 is 5.87. The SMILES string of the molecule is CCCn1c(-c2ccc(Cl)o2)nc2cc(CN)ccc21. The zero-order valence-corrected chi connectivity index (χ0v) is 12.0. The first-order chi connectivity index (χ1) is 9.72. The van der Waals surface area contributed by atoms with E-state index >= 15 is 0 Å². The topological polar surface area (TPSA) is 57.0 Å². The molecule has 0 saturated heterocycles. The first-order valence-electron chi connectivity index (χ1n) is 6.68. The molecular weight excluding hydrogens is 274 g/mol. The van der Waals surface area contributed by atoms with Gasteiger partial charge in [-0.1, -0.05) is 13.0 Å². The number of fused-ring (bicyclic) bond motifs is 1. The highest BCUT2D eigenvalue weighted by Gasteiger charge is 2.15. The standard InChI is InChI=1S/C15H16ClN3O/c1-2-7-19-12-4-3-10(9-17)8-11(12)18-15(19)13-5-6-14(16)20-13/h3-6,8H,2,7,9,17H2,1H3. The number of aromatic nitrogens is 2. The lowest BCUT2D eigenvalue weighted by atomic mass is 10.2. The molecule has 0 amide bonds. The van der Waals surface area contributed by atoms with Gasteiger partial charge in [0.25, 0.3) is 0 Å². The highest BCUT2D eigenvalue weighted by Crippen LogP contribution is 2.28. The van der Waals surface area contributed by atoms with Crippen LogP contribution in [0.25, 0.3) is 22.6 Å². The molecule has 3 aromatic rings. The smallest absolute Gasteiger partial charge is 0.194 e. The van der Waals surface area contributed by atoms with E-state index in [1.54, 1.807) is 6.07 Å². The van der Waals surface area contributed by atoms with Gasteiger partial charge >= 0.3 is 0 Å². The van der Waals surface area contributed by atoms with E-state index in [9.17, 15) is 0 Å². The fraction of sp³-hybridized carbons (Fsp3) is 0.267. The number of halogens is 1. The summed E-state index contributed by atoms with van der Waals surface area (Å²) in [5.74, 6) is 1.50. The Morgan fingerprint density at radius 2 is 2.15 bits per heavy atom. The summed E-state index contributed by atoms with van der Waals surface area (Å²) in [5.41, 5.74) is 8.78. The largest absolute Gasteiger partial charge is 0.441 e. The molecule has 1 aromatic carbocycles. The van der Waals surface area contributed by atoms with E-state index < -0.39 is 0 Å². The zero-order chi connectivity index (χ0) is 14.1. The van der Waals surface area contributed by atoms with Gasteiger partial charge in [0.15, 0.2) is 16.8 Å². The summed E-state index contributed by atoms with van der Waals surface area (Å²) < 4.78 is 7.66. The second kappa shape index (κ2) is 5.31. The molecule has 0 unspecified atom stereocenters. The molecule has 0 radical (unpaired) electrons. The molecule has 2 N–H and O–H groups in total. The van der Waals surface area contributed by atoms with Crippen LogP contribution >= 0.6 is 11.6 Å². The average Bonchev–Trinajstić information content (AvgIpc) is 3.03. The Kier molecular flexibility index (Phi) is 3.51. The Bertz CT molecular complexity index is 745. The minimum atomic E-state index is 0.373. The van der Waals surface area contributed by atoms with Crippen molar-refractivity contribution in [2.45, 2.75) is 26.4 Å². The number of benzene rings is 1. The number of furan rings is 1. The molecule has 0 fully saturated rings. The molecule has 2 heterocycles. The van der Waals surface area contributed by atoms with Gasteiger partial charge in [-0.2, -0.15) is 0 Å². The maximum Gasteiger partial charge on any atom is 0.194 e. The van der Waals surface area contributed by atoms with Gasteiger partial charge in [-0.25, -0.2) is 4.98 Å². The lowest BCUT2D eigenvalue weighted by Gasteiger charge is -2.05. The van der Waals surface area contributed by atoms with E-state index in [2.05, 4.69) is 22.5 Å². The van der Waals surface area contributed by atoms with Gasteiger partial charge in [0.2, 0.25) is 0 Å². The summed E-state index contributed by atoms with van der Waals surface area (Å²) in [4.78, 5) is 4.68. The van der Waals surface area contributed by atoms with Crippen molar-refractivity contribution in [3.05, 3.63) is 41.1 Å². The van der Waals surface area contributed by atoms with Crippen molar-refractivity contribution in [1.82, 2.24) is 9.55 Å². The van der Waals surface area contributed by atoms with E-state index in [-0.39, 0.29) is 0 Å². The second-order valence-electron chi connectivity index (χ2n) is 4.72. The van der Waals surface area contributed by atoms with Crippen LogP contribution in [0.2, 0.25) is 5.22 Å². The quantitative estimate of drug-likeness (QED) is 0.794. The summed E-state index contributed by atoms with van der Waals surface area (Å²) in [5, 5.41) is 0.373. The molecule has 4 nitrogen and oxygen atoms in total. The van der Waals surface area contributed by atoms with E-state index in [0.29, 0.717) is 17.5 Å². The number of nitrogens with zero attached hydrogens (tertiary/aromatic N) is 2. The van der Waals surface area contributed by atoms with Crippen LogP contribution in [0.15, 0.2) is 34.7 Å². The van der Waals surface area contributed by atoms with E-state index in [1.807, 2.05) is 18.2 Å². The van der Waals surface area contributed by atoms with E-state index in [4.69, 9.17) is 21.8 Å². The van der Waals surface area contributed by atoms with Gasteiger partial charge in [-0.05, 0) is 47.9 Å². The monoisotopic (exact) mass is 289 g/mol. The van der Waals surface area contributed by atoms with Gasteiger partial charge < -0.3 is 14.7 Å². The predicted octanol–water partition coefficient (Wildman–Crippen LogP) is 3.82. The predicted molar refractivity (Wildman–Crippen MR) is 80.6 cm³/mol. The number of rotatable bonds is 4. The van der Waals surface area contributed by atoms with Crippen LogP contribution in [0.3, 0.4) is 0 Å². The maximum absolute atomic E-state index is 5.87. The van der Waals surface area contributed by atoms with Crippen molar-refractivity contribution >= 4 is 22.6 Å². The Morgan fingerprint density at radius 3 is 2.80 bits per heavy atom. The second-order valence-corrected chi connectivity index (χ2v) is 5.09. The number of nitrogens with two attached hydrogens (primary N) is 1. The number of hydrogen-bond donors (Lipinski definition) is 1. The van der Waals surface area contributed by atoms with Crippen molar-refractivity contribution in [3.63, 3.8) is 0 Å². The molecule has 104 valence electrons. The van der Waals surface area contributed by atoms with E-state index in [0.717, 1.165) is 35.4 Å². The van der Waals surface area contributed by atoms with Crippen LogP contribution < -0.4 is 5.73 Å². The minimum Gasteiger partial charge on any atom is -0.441 e. The van der Waals surface area contributed by atoms with Crippen LogP contribution in [0.5, 0.6) is 0 Å². The number of aryl methyl sites for hydroxylation is 1. The van der Waals surface area contributed by atoms with Crippen LogP contribution in [0, 0.1) is 0 Å². The summed E-state index contributed by atoms with van der Waals surface area (Å²) in [6.07, 6.45) is 1.02. The Balaban J connectivity index is 2.21. The first kappa shape index (κ1) is 13.2. The minimum absolute atomic E-state index is 0.373. The first-order valence-corrected chi connectivity index (χ1v) is 7.05. The maximum atomic E-state index is 5.87. The summed E-state index contributed by atoms with van der Waals surface area (Å²) in [7, 11) is 0. The number of imidazole rings is 1. The lowest BCUT2D eigenvalue weighted by molar-refractivity contribution is 0.570. The van der Waals surface area contributed by atoms with Crippen molar-refractivity contribution in [2.24, 2.45) is 5.73 Å². The van der Waals surface area contributed by atoms with Gasteiger partial charge in [-0.15, -0.1) is 0 Å². The average molecular weight is 290 g/mol. The van der Waals surface area contributed by atoms with Crippen molar-refractivity contribution in [1.29, 1.82) is 0 Å². The molecule has 5 heteroatoms. The van der Waals surface area contributed by atoms with Crippen LogP contribution in [0.1, 0.15) is 18.9 Å². The fourth-order valence-corrected chi connectivity index (χ4v) is 2.52. The van der Waals surface area contributed by atoms with Gasteiger partial charge in [0, 0.05) is 13.1 Å². The van der Waals surface area contributed by atoms with Gasteiger partial charge in [-0.3, -0.25) is 0 Å². The fourth-order valence-electron chi connectivity index (χ4n) is 2.37. The highest BCUT2D eigenvalue weighted by atomic mass is 35.5. The molecular formula is C15H16ClN3O. The molecule has 0 aliphatic carbocycles. The van der Waals surface area contributed by atoms with Gasteiger partial charge in [0.05, 0.1) is 11.0 Å². The molecule has 0 bridgehead atoms. The van der Waals surface area contributed by atoms with Crippen molar-refractivity contribution in [2.75, 3.05) is 0 Å². The van der Waals surface area contributed by atoms with Crippen molar-refractivity contribution < 1.29 is 4.42 Å². The van der Waals surface area contributed by atoms with Gasteiger partial charge in [0.1, 0.15) is 0 Å². The normalized spacial score (nSPS) is 11.3. The molecule has 0 aliphatic rings. The third-order valence-electron chi connectivity index (χ3n) is 3.29. The summed E-state index contributed by atoms with van der Waals surface area (Å²) in [6.45, 7) is 3.53. The molecule has 20 heavy (non-hydrogen) atoms. The lowest BCUT2D eigenvalue weighted by Crippen LogP contribution is -1.99. The molecule has 0 atom stereocenters. The summed E-state index contributed by atoms with van der Waals surface area (Å²) in [6, 6.07) is 9.70. The van der Waals surface area contributed by atoms with Crippen LogP contribution in [0.4, 0.5) is 0 Å². The van der Waals surface area contributed by atoms with Crippen molar-refractivity contribution in [3.8, 4) is 11.6 Å². The van der Waals surface area contributed by atoms with E-state index in [1.165, 1.54) is 0 Å². The molecule has 0 saturated carbocycles. The zero-order valence-electron chi connectivity index (χ0n) is 11.3. The molecule has 0 aliphatic heterocycles. The Morgan fingerprint density at radius 1 is 1.30 bits per heavy atom. The Hall–Kier alpha value is -1.78. The highest BCUT2D eigenvalue weighted by molar-refractivity contribution is 6.28. The third-order valence-corrected chi connectivity index (χ3v) is 3.49. The van der Waals surface area contributed by atoms with Crippen LogP contribution in [-0.4, -0.2) is 9.55 Å². The third kappa shape index (κ3) is 2.21. The molecule has 2 aromatic heterocycles. The molecule has 0 spiro atoms. The molecule has 3 rings (SSSR count). The Labute approximate surface area is 122 Å².